The van der Waals surface area contributed by atoms with Crippen molar-refractivity contribution in [3.63, 3.8) is 0 Å². The van der Waals surface area contributed by atoms with Gasteiger partial charge < -0.3 is 9.47 Å². The number of methoxy groups -OCH3 is 1. The van der Waals surface area contributed by atoms with Gasteiger partial charge in [0, 0.05) is 39.5 Å². The molecule has 186 valence electrons. The number of piperazine rings is 1. The van der Waals surface area contributed by atoms with Crippen LogP contribution in [0.2, 0.25) is 0 Å². The molecule has 1 aliphatic heterocycles. The van der Waals surface area contributed by atoms with Crippen LogP contribution in [0.5, 0.6) is 11.5 Å². The first-order valence-corrected chi connectivity index (χ1v) is 13.6. The minimum Gasteiger partial charge on any atom is -0.457 e. The predicted octanol–water partition coefficient (Wildman–Crippen LogP) is 0.709. The first-order valence-electron chi connectivity index (χ1n) is 10.3. The average molecular weight is 514 g/mol. The Morgan fingerprint density at radius 2 is 1.56 bits per heavy atom. The Bertz CT molecular complexity index is 1200. The number of hydroxylamine groups is 1. The van der Waals surface area contributed by atoms with Crippen LogP contribution < -0.4 is 10.2 Å². The van der Waals surface area contributed by atoms with E-state index in [1.807, 2.05) is 4.90 Å². The molecule has 2 N–H and O–H groups in total. The molecule has 2 aromatic carbocycles. The predicted molar refractivity (Wildman–Crippen MR) is 122 cm³/mol. The van der Waals surface area contributed by atoms with Crippen LogP contribution >= 0.6 is 0 Å². The van der Waals surface area contributed by atoms with Gasteiger partial charge >= 0.3 is 0 Å². The van der Waals surface area contributed by atoms with E-state index in [0.29, 0.717) is 31.2 Å². The fourth-order valence-corrected chi connectivity index (χ4v) is 5.73. The van der Waals surface area contributed by atoms with Crippen molar-refractivity contribution >= 4 is 25.8 Å². The summed E-state index contributed by atoms with van der Waals surface area (Å²) >= 11 is 0. The monoisotopic (exact) mass is 513 g/mol. The summed E-state index contributed by atoms with van der Waals surface area (Å²) < 4.78 is 61.4. The van der Waals surface area contributed by atoms with Gasteiger partial charge in [-0.2, -0.15) is 4.31 Å². The highest BCUT2D eigenvalue weighted by Gasteiger charge is 2.40. The lowest BCUT2D eigenvalue weighted by atomic mass is 10.2. The molecule has 0 saturated carbocycles. The molecular weight excluding hydrogens is 486 g/mol. The van der Waals surface area contributed by atoms with Gasteiger partial charge in [0.15, 0.2) is 9.84 Å². The number of carbonyl (C=O) groups excluding carboxylic acids is 1. The summed E-state index contributed by atoms with van der Waals surface area (Å²) in [6.07, 6.45) is 1.11. The van der Waals surface area contributed by atoms with Gasteiger partial charge in [-0.25, -0.2) is 22.3 Å². The van der Waals surface area contributed by atoms with Crippen LogP contribution in [0.4, 0.5) is 0 Å². The molecule has 3 rings (SSSR count). The summed E-state index contributed by atoms with van der Waals surface area (Å²) in [5.74, 6) is -0.0850. The second-order valence-corrected chi connectivity index (χ2v) is 11.6. The van der Waals surface area contributed by atoms with Crippen molar-refractivity contribution in [2.45, 2.75) is 15.8 Å². The summed E-state index contributed by atoms with van der Waals surface area (Å²) in [5, 5.41) is 9.13. The van der Waals surface area contributed by atoms with Crippen LogP contribution in [0.3, 0.4) is 0 Å². The van der Waals surface area contributed by atoms with Crippen LogP contribution in [0, 0.1) is 0 Å². The lowest BCUT2D eigenvalue weighted by Crippen LogP contribution is -2.60. The zero-order chi connectivity index (χ0) is 24.9. The third kappa shape index (κ3) is 6.11. The van der Waals surface area contributed by atoms with E-state index in [4.69, 9.17) is 14.7 Å². The molecule has 0 aliphatic carbocycles. The van der Waals surface area contributed by atoms with Crippen LogP contribution in [-0.2, 0) is 29.4 Å². The minimum absolute atomic E-state index is 0.0339. The molecule has 11 nitrogen and oxygen atoms in total. The Kier molecular flexibility index (Phi) is 8.28. The first kappa shape index (κ1) is 26.1. The SMILES string of the molecule is COCCN1CCN(S(=O)(=O)c2ccc(Oc3ccc(S(C)(=O)=O)cc3)cc2)C(C(=O)NO)C1. The van der Waals surface area contributed by atoms with E-state index in [1.54, 1.807) is 12.6 Å². The maximum Gasteiger partial charge on any atom is 0.263 e. The normalized spacial score (nSPS) is 17.9. The van der Waals surface area contributed by atoms with E-state index in [-0.39, 0.29) is 22.9 Å². The van der Waals surface area contributed by atoms with Crippen LogP contribution in [0.15, 0.2) is 58.3 Å². The highest BCUT2D eigenvalue weighted by molar-refractivity contribution is 7.90. The Hall–Kier alpha value is -2.55. The van der Waals surface area contributed by atoms with Crippen LogP contribution in [0.1, 0.15) is 0 Å². The number of amides is 1. The second kappa shape index (κ2) is 10.8. The third-order valence-electron chi connectivity index (χ3n) is 5.36. The van der Waals surface area contributed by atoms with E-state index in [9.17, 15) is 21.6 Å². The largest absolute Gasteiger partial charge is 0.457 e. The Labute approximate surface area is 198 Å². The highest BCUT2D eigenvalue weighted by atomic mass is 32.2. The molecular formula is C21H27N3O8S2. The number of hydrogen-bond donors (Lipinski definition) is 2. The van der Waals surface area contributed by atoms with Crippen molar-refractivity contribution in [2.24, 2.45) is 0 Å². The molecule has 1 heterocycles. The average Bonchev–Trinajstić information content (AvgIpc) is 2.82. The van der Waals surface area contributed by atoms with Crippen molar-refractivity contribution in [3.05, 3.63) is 48.5 Å². The number of carbonyl (C=O) groups is 1. The molecule has 13 heteroatoms. The first-order chi connectivity index (χ1) is 16.1. The number of hydrogen-bond acceptors (Lipinski definition) is 9. The van der Waals surface area contributed by atoms with Gasteiger partial charge in [-0.1, -0.05) is 0 Å². The molecule has 0 spiro atoms. The molecule has 1 amide bonds. The summed E-state index contributed by atoms with van der Waals surface area (Å²) in [5.41, 5.74) is 1.55. The molecule has 1 aliphatic rings. The minimum atomic E-state index is -4.04. The molecule has 0 aromatic heterocycles. The number of sulfonamides is 1. The maximum atomic E-state index is 13.3. The Balaban J connectivity index is 1.76. The van der Waals surface area contributed by atoms with E-state index in [0.717, 1.165) is 10.6 Å². The van der Waals surface area contributed by atoms with E-state index >= 15 is 0 Å². The second-order valence-electron chi connectivity index (χ2n) is 7.72. The number of rotatable bonds is 9. The third-order valence-corrected chi connectivity index (χ3v) is 8.41. The fraction of sp³-hybridized carbons (Fsp3) is 0.381. The molecule has 0 bridgehead atoms. The Morgan fingerprint density at radius 3 is 2.06 bits per heavy atom. The van der Waals surface area contributed by atoms with Gasteiger partial charge in [0.05, 0.1) is 16.4 Å². The van der Waals surface area contributed by atoms with Gasteiger partial charge in [-0.05, 0) is 48.5 Å². The van der Waals surface area contributed by atoms with Crippen LogP contribution in [-0.4, -0.2) is 89.3 Å². The van der Waals surface area contributed by atoms with E-state index in [1.165, 1.54) is 48.5 Å². The standard InChI is InChI=1S/C21H27N3O8S2/c1-31-14-13-23-11-12-24(20(15-23)21(25)22-26)34(29,30)19-9-5-17(6-10-19)32-16-3-7-18(8-4-16)33(2,27)28/h3-10,20,26H,11-15H2,1-2H3,(H,22,25). The van der Waals surface area contributed by atoms with Crippen molar-refractivity contribution in [3.8, 4) is 11.5 Å². The van der Waals surface area contributed by atoms with Gasteiger partial charge in [-0.15, -0.1) is 0 Å². The Morgan fingerprint density at radius 1 is 1.00 bits per heavy atom. The zero-order valence-electron chi connectivity index (χ0n) is 18.7. The lowest BCUT2D eigenvalue weighted by Gasteiger charge is -2.39. The molecule has 1 fully saturated rings. The van der Waals surface area contributed by atoms with Crippen molar-refractivity contribution in [2.75, 3.05) is 46.2 Å². The fourth-order valence-electron chi connectivity index (χ4n) is 3.53. The quantitative estimate of drug-likeness (QED) is 0.366. The van der Waals surface area contributed by atoms with Gasteiger partial charge in [0.1, 0.15) is 17.5 Å². The topological polar surface area (TPSA) is 143 Å². The van der Waals surface area contributed by atoms with Gasteiger partial charge in [0.2, 0.25) is 10.0 Å². The summed E-state index contributed by atoms with van der Waals surface area (Å²) in [7, 11) is -5.81. The summed E-state index contributed by atoms with van der Waals surface area (Å²) in [6, 6.07) is 10.4. The summed E-state index contributed by atoms with van der Waals surface area (Å²) in [6.45, 7) is 1.53. The smallest absolute Gasteiger partial charge is 0.263 e. The van der Waals surface area contributed by atoms with Crippen molar-refractivity contribution < 1.29 is 36.3 Å². The number of benzene rings is 2. The summed E-state index contributed by atoms with van der Waals surface area (Å²) in [4.78, 5) is 14.2. The number of nitrogens with zero attached hydrogens (tertiary/aromatic N) is 2. The van der Waals surface area contributed by atoms with E-state index in [2.05, 4.69) is 0 Å². The van der Waals surface area contributed by atoms with Crippen LogP contribution in [0.25, 0.3) is 0 Å². The molecule has 1 unspecified atom stereocenters. The van der Waals surface area contributed by atoms with E-state index < -0.39 is 31.8 Å². The molecule has 1 saturated heterocycles. The lowest BCUT2D eigenvalue weighted by molar-refractivity contribution is -0.135. The maximum absolute atomic E-state index is 13.3. The molecule has 34 heavy (non-hydrogen) atoms. The molecule has 2 aromatic rings. The number of sulfone groups is 1. The highest BCUT2D eigenvalue weighted by Crippen LogP contribution is 2.27. The zero-order valence-corrected chi connectivity index (χ0v) is 20.4. The number of nitrogens with one attached hydrogen (secondary N) is 1. The molecule has 0 radical (unpaired) electrons. The van der Waals surface area contributed by atoms with Crippen molar-refractivity contribution in [1.29, 1.82) is 0 Å². The van der Waals surface area contributed by atoms with Gasteiger partial charge in [-0.3, -0.25) is 14.9 Å². The van der Waals surface area contributed by atoms with Gasteiger partial charge in [0.25, 0.3) is 5.91 Å². The van der Waals surface area contributed by atoms with Crippen molar-refractivity contribution in [1.82, 2.24) is 14.7 Å². The number of ether oxygens (including phenoxy) is 2. The molecule has 1 atom stereocenters.